The molecule has 2 heterocycles. The fourth-order valence-electron chi connectivity index (χ4n) is 2.85. The van der Waals surface area contributed by atoms with Gasteiger partial charge in [0.05, 0.1) is 0 Å². The first kappa shape index (κ1) is 12.0. The van der Waals surface area contributed by atoms with E-state index in [1.54, 1.807) is 26.6 Å². The van der Waals surface area contributed by atoms with E-state index in [0.717, 1.165) is 0 Å². The molecule has 0 N–H and O–H groups in total. The molecular weight excluding hydrogens is 220 g/mol. The summed E-state index contributed by atoms with van der Waals surface area (Å²) < 4.78 is 0. The molecule has 17 heavy (non-hydrogen) atoms. The lowest BCUT2D eigenvalue weighted by atomic mass is 10.3. The lowest BCUT2D eigenvalue weighted by Crippen LogP contribution is -2.46. The second-order valence-electron chi connectivity index (χ2n) is 4.36. The minimum absolute atomic E-state index is 0.00639. The zero-order valence-electron chi connectivity index (χ0n) is 10.9. The number of fused-ring (bicyclic) bond motifs is 1. The highest BCUT2D eigenvalue weighted by Gasteiger charge is 2.56. The summed E-state index contributed by atoms with van der Waals surface area (Å²) in [7, 11) is 1.77. The molecule has 6 nitrogen and oxygen atoms in total. The number of likely N-dealkylation sites (N-methyl/N-ethyl adjacent to an activating group) is 4. The molecule has 0 aromatic rings. The summed E-state index contributed by atoms with van der Waals surface area (Å²) in [6.07, 6.45) is -0.269. The van der Waals surface area contributed by atoms with Gasteiger partial charge in [-0.2, -0.15) is 0 Å². The lowest BCUT2D eigenvalue weighted by molar-refractivity contribution is 0.136. The van der Waals surface area contributed by atoms with Crippen LogP contribution < -0.4 is 0 Å². The molecule has 2 aliphatic rings. The van der Waals surface area contributed by atoms with E-state index < -0.39 is 0 Å². The molecular formula is C11H20N4O2. The molecule has 0 aromatic heterocycles. The van der Waals surface area contributed by atoms with Crippen molar-refractivity contribution in [1.82, 2.24) is 19.6 Å². The van der Waals surface area contributed by atoms with Crippen LogP contribution in [0.15, 0.2) is 0 Å². The third-order valence-electron chi connectivity index (χ3n) is 3.68. The minimum Gasteiger partial charge on any atom is -0.303 e. The van der Waals surface area contributed by atoms with Gasteiger partial charge in [-0.15, -0.1) is 0 Å². The Bertz CT molecular complexity index is 344. The second kappa shape index (κ2) is 4.09. The van der Waals surface area contributed by atoms with E-state index in [-0.39, 0.29) is 24.4 Å². The molecule has 0 spiro atoms. The molecule has 0 bridgehead atoms. The minimum atomic E-state index is -0.139. The van der Waals surface area contributed by atoms with E-state index >= 15 is 0 Å². The quantitative estimate of drug-likeness (QED) is 0.732. The number of nitrogens with zero attached hydrogens (tertiary/aromatic N) is 4. The van der Waals surface area contributed by atoms with Crippen molar-refractivity contribution in [2.75, 3.05) is 26.7 Å². The first-order valence-corrected chi connectivity index (χ1v) is 6.19. The van der Waals surface area contributed by atoms with Gasteiger partial charge in [-0.25, -0.2) is 9.59 Å². The van der Waals surface area contributed by atoms with Crippen molar-refractivity contribution in [2.24, 2.45) is 0 Å². The monoisotopic (exact) mass is 240 g/mol. The number of hydrogen-bond acceptors (Lipinski definition) is 2. The van der Waals surface area contributed by atoms with Crippen LogP contribution in [0.2, 0.25) is 0 Å². The van der Waals surface area contributed by atoms with E-state index in [2.05, 4.69) is 0 Å². The van der Waals surface area contributed by atoms with Crippen LogP contribution in [0, 0.1) is 0 Å². The molecule has 2 unspecified atom stereocenters. The Hall–Kier alpha value is -1.46. The second-order valence-corrected chi connectivity index (χ2v) is 4.36. The van der Waals surface area contributed by atoms with Gasteiger partial charge in [0.2, 0.25) is 0 Å². The van der Waals surface area contributed by atoms with Crippen molar-refractivity contribution in [2.45, 2.75) is 33.1 Å². The van der Waals surface area contributed by atoms with Crippen LogP contribution in [-0.4, -0.2) is 70.7 Å². The number of carbonyl (C=O) groups is 2. The molecule has 0 aliphatic carbocycles. The van der Waals surface area contributed by atoms with Gasteiger partial charge in [0.15, 0.2) is 0 Å². The largest absolute Gasteiger partial charge is 0.323 e. The SMILES string of the molecule is CCN1C(=O)N(CC)C2C1N(C)C(=O)N2CC. The van der Waals surface area contributed by atoms with E-state index in [1.165, 1.54) is 0 Å². The predicted octanol–water partition coefficient (Wildman–Crippen LogP) is 0.803. The summed E-state index contributed by atoms with van der Waals surface area (Å²) in [5, 5.41) is 0. The van der Waals surface area contributed by atoms with Gasteiger partial charge in [-0.05, 0) is 20.8 Å². The highest BCUT2D eigenvalue weighted by atomic mass is 16.2. The maximum atomic E-state index is 12.2. The molecule has 4 amide bonds. The molecule has 96 valence electrons. The number of rotatable bonds is 3. The van der Waals surface area contributed by atoms with Crippen molar-refractivity contribution in [3.63, 3.8) is 0 Å². The summed E-state index contributed by atoms with van der Waals surface area (Å²) in [6, 6.07) is 0.0368. The van der Waals surface area contributed by atoms with Gasteiger partial charge in [0, 0.05) is 26.7 Å². The summed E-state index contributed by atoms with van der Waals surface area (Å²) in [5.74, 6) is 0. The fourth-order valence-corrected chi connectivity index (χ4v) is 2.85. The fraction of sp³-hybridized carbons (Fsp3) is 0.818. The predicted molar refractivity (Wildman–Crippen MR) is 63.3 cm³/mol. The van der Waals surface area contributed by atoms with Gasteiger partial charge in [0.1, 0.15) is 12.3 Å². The van der Waals surface area contributed by atoms with Crippen molar-refractivity contribution < 1.29 is 9.59 Å². The van der Waals surface area contributed by atoms with Crippen molar-refractivity contribution in [3.8, 4) is 0 Å². The average molecular weight is 240 g/mol. The molecule has 0 radical (unpaired) electrons. The highest BCUT2D eigenvalue weighted by molar-refractivity contribution is 5.85. The average Bonchev–Trinajstić information content (AvgIpc) is 2.73. The summed E-state index contributed by atoms with van der Waals surface area (Å²) >= 11 is 0. The Labute approximate surface area is 102 Å². The Balaban J connectivity index is 2.39. The van der Waals surface area contributed by atoms with Crippen LogP contribution >= 0.6 is 0 Å². The number of urea groups is 2. The summed E-state index contributed by atoms with van der Waals surface area (Å²) in [5.41, 5.74) is 0. The van der Waals surface area contributed by atoms with E-state index in [9.17, 15) is 9.59 Å². The van der Waals surface area contributed by atoms with Gasteiger partial charge < -0.3 is 19.6 Å². The van der Waals surface area contributed by atoms with Crippen LogP contribution in [0.3, 0.4) is 0 Å². The van der Waals surface area contributed by atoms with E-state index in [1.807, 2.05) is 20.8 Å². The molecule has 2 fully saturated rings. The van der Waals surface area contributed by atoms with Gasteiger partial charge in [-0.3, -0.25) is 0 Å². The Morgan fingerprint density at radius 3 is 1.71 bits per heavy atom. The summed E-state index contributed by atoms with van der Waals surface area (Å²) in [6.45, 7) is 7.73. The molecule has 2 saturated heterocycles. The van der Waals surface area contributed by atoms with Crippen LogP contribution in [0.4, 0.5) is 9.59 Å². The smallest absolute Gasteiger partial charge is 0.303 e. The zero-order chi connectivity index (χ0) is 12.7. The van der Waals surface area contributed by atoms with Crippen LogP contribution in [0.1, 0.15) is 20.8 Å². The Morgan fingerprint density at radius 1 is 0.824 bits per heavy atom. The number of hydrogen-bond donors (Lipinski definition) is 0. The third-order valence-corrected chi connectivity index (χ3v) is 3.68. The molecule has 6 heteroatoms. The van der Waals surface area contributed by atoms with Gasteiger partial charge >= 0.3 is 12.1 Å². The maximum absolute atomic E-state index is 12.2. The maximum Gasteiger partial charge on any atom is 0.323 e. The zero-order valence-corrected chi connectivity index (χ0v) is 10.9. The first-order chi connectivity index (χ1) is 8.08. The summed E-state index contributed by atoms with van der Waals surface area (Å²) in [4.78, 5) is 31.2. The molecule has 2 aliphatic heterocycles. The number of carbonyl (C=O) groups excluding carboxylic acids is 2. The van der Waals surface area contributed by atoms with Gasteiger partial charge in [-0.1, -0.05) is 0 Å². The van der Waals surface area contributed by atoms with Crippen molar-refractivity contribution in [3.05, 3.63) is 0 Å². The van der Waals surface area contributed by atoms with Crippen molar-refractivity contribution in [1.29, 1.82) is 0 Å². The highest BCUT2D eigenvalue weighted by Crippen LogP contribution is 2.33. The Kier molecular flexibility index (Phi) is 2.89. The topological polar surface area (TPSA) is 47.1 Å². The van der Waals surface area contributed by atoms with E-state index in [0.29, 0.717) is 19.6 Å². The molecule has 2 rings (SSSR count). The third kappa shape index (κ3) is 1.39. The lowest BCUT2D eigenvalue weighted by Gasteiger charge is -2.27. The normalized spacial score (nSPS) is 28.5. The standard InChI is InChI=1S/C11H20N4O2/c1-5-13-8-9(15(7-3)11(13)17)14(6-2)10(16)12(8)4/h8-9H,5-7H2,1-4H3. The van der Waals surface area contributed by atoms with Crippen LogP contribution in [0.5, 0.6) is 0 Å². The van der Waals surface area contributed by atoms with E-state index in [4.69, 9.17) is 0 Å². The van der Waals surface area contributed by atoms with Crippen molar-refractivity contribution >= 4 is 12.1 Å². The molecule has 0 saturated carbocycles. The molecule has 2 atom stereocenters. The van der Waals surface area contributed by atoms with Gasteiger partial charge in [0.25, 0.3) is 0 Å². The molecule has 0 aromatic carbocycles. The van der Waals surface area contributed by atoms with Crippen LogP contribution in [-0.2, 0) is 0 Å². The number of amides is 4. The van der Waals surface area contributed by atoms with Crippen LogP contribution in [0.25, 0.3) is 0 Å². The Morgan fingerprint density at radius 2 is 1.24 bits per heavy atom. The first-order valence-electron chi connectivity index (χ1n) is 6.19.